The van der Waals surface area contributed by atoms with Crippen LogP contribution in [0.2, 0.25) is 0 Å². The van der Waals surface area contributed by atoms with E-state index >= 15 is 0 Å². The molecule has 29 heavy (non-hydrogen) atoms. The van der Waals surface area contributed by atoms with Crippen LogP contribution in [0.15, 0.2) is 41.2 Å². The van der Waals surface area contributed by atoms with Gasteiger partial charge in [0.1, 0.15) is 29.4 Å². The minimum atomic E-state index is -1.31. The second-order valence-corrected chi connectivity index (χ2v) is 6.02. The molecule has 3 rings (SSSR count). The van der Waals surface area contributed by atoms with E-state index in [4.69, 9.17) is 9.84 Å². The van der Waals surface area contributed by atoms with Crippen LogP contribution < -0.4 is 15.6 Å². The number of aromatic hydroxyl groups is 1. The molecule has 0 spiro atoms. The van der Waals surface area contributed by atoms with E-state index in [1.54, 1.807) is 0 Å². The van der Waals surface area contributed by atoms with Gasteiger partial charge in [-0.05, 0) is 24.3 Å². The first kappa shape index (κ1) is 19.8. The molecule has 0 bridgehead atoms. The summed E-state index contributed by atoms with van der Waals surface area (Å²) in [5.41, 5.74) is -1.26. The Labute approximate surface area is 161 Å². The minimum absolute atomic E-state index is 0.0159. The van der Waals surface area contributed by atoms with Crippen molar-refractivity contribution < 1.29 is 33.3 Å². The first-order valence-corrected chi connectivity index (χ1v) is 8.17. The number of fused-ring (bicyclic) bond motifs is 1. The Morgan fingerprint density at radius 2 is 1.76 bits per heavy atom. The summed E-state index contributed by atoms with van der Waals surface area (Å²) in [7, 11) is 1.35. The van der Waals surface area contributed by atoms with Crippen LogP contribution in [0.5, 0.6) is 17.2 Å². The third-order valence-corrected chi connectivity index (χ3v) is 4.09. The molecule has 0 saturated carbocycles. The van der Waals surface area contributed by atoms with Crippen LogP contribution in [-0.2, 0) is 11.8 Å². The van der Waals surface area contributed by atoms with Crippen molar-refractivity contribution in [1.82, 2.24) is 9.88 Å². The zero-order valence-electron chi connectivity index (χ0n) is 14.9. The van der Waals surface area contributed by atoms with E-state index in [0.717, 1.165) is 16.7 Å². The largest absolute Gasteiger partial charge is 0.506 e. The molecule has 1 aromatic heterocycles. The number of nitrogens with zero attached hydrogens (tertiary/aromatic N) is 1. The molecule has 8 nitrogen and oxygen atoms in total. The molecule has 1 amide bonds. The number of carbonyl (C=O) groups is 2. The second-order valence-electron chi connectivity index (χ2n) is 6.02. The first-order valence-electron chi connectivity index (χ1n) is 8.17. The van der Waals surface area contributed by atoms with Crippen molar-refractivity contribution in [3.8, 4) is 17.2 Å². The molecular formula is C19H14F2N2O6. The summed E-state index contributed by atoms with van der Waals surface area (Å²) in [5, 5.41) is 21.2. The van der Waals surface area contributed by atoms with Gasteiger partial charge in [-0.2, -0.15) is 0 Å². The number of aryl methyl sites for hydroxylation is 1. The van der Waals surface area contributed by atoms with E-state index in [-0.39, 0.29) is 22.4 Å². The number of carboxylic acids is 1. The Hall–Kier alpha value is -3.95. The van der Waals surface area contributed by atoms with Crippen molar-refractivity contribution in [2.75, 3.05) is 6.54 Å². The van der Waals surface area contributed by atoms with Gasteiger partial charge in [-0.25, -0.2) is 8.78 Å². The fourth-order valence-electron chi connectivity index (χ4n) is 2.69. The molecule has 0 aliphatic carbocycles. The van der Waals surface area contributed by atoms with Crippen molar-refractivity contribution in [3.63, 3.8) is 0 Å². The molecule has 0 atom stereocenters. The van der Waals surface area contributed by atoms with Gasteiger partial charge in [-0.3, -0.25) is 14.4 Å². The van der Waals surface area contributed by atoms with E-state index in [0.29, 0.717) is 0 Å². The molecule has 3 aromatic rings. The van der Waals surface area contributed by atoms with E-state index in [2.05, 4.69) is 0 Å². The molecule has 2 aromatic carbocycles. The molecule has 0 fully saturated rings. The third kappa shape index (κ3) is 3.86. The number of carbonyl (C=O) groups excluding carboxylic acids is 1. The van der Waals surface area contributed by atoms with Gasteiger partial charge in [0, 0.05) is 24.6 Å². The topological polar surface area (TPSA) is 118 Å². The number of halogens is 2. The van der Waals surface area contributed by atoms with Gasteiger partial charge in [0.05, 0.1) is 5.52 Å². The van der Waals surface area contributed by atoms with Crippen molar-refractivity contribution in [2.45, 2.75) is 0 Å². The Bertz CT molecular complexity index is 1210. The highest BCUT2D eigenvalue weighted by Gasteiger charge is 2.22. The second kappa shape index (κ2) is 7.58. The number of aromatic nitrogens is 1. The van der Waals surface area contributed by atoms with Crippen LogP contribution in [0.4, 0.5) is 8.78 Å². The van der Waals surface area contributed by atoms with Gasteiger partial charge in [0.15, 0.2) is 11.6 Å². The lowest BCUT2D eigenvalue weighted by Crippen LogP contribution is -2.35. The number of benzene rings is 2. The molecular weight excluding hydrogens is 390 g/mol. The summed E-state index contributed by atoms with van der Waals surface area (Å²) in [6.07, 6.45) is 0. The van der Waals surface area contributed by atoms with Crippen molar-refractivity contribution >= 4 is 22.8 Å². The van der Waals surface area contributed by atoms with Gasteiger partial charge in [0.25, 0.3) is 11.5 Å². The highest BCUT2D eigenvalue weighted by molar-refractivity contribution is 6.03. The Kier molecular flexibility index (Phi) is 5.18. The van der Waals surface area contributed by atoms with Gasteiger partial charge in [0.2, 0.25) is 0 Å². The molecule has 0 saturated heterocycles. The smallest absolute Gasteiger partial charge is 0.322 e. The first-order chi connectivity index (χ1) is 13.7. The van der Waals surface area contributed by atoms with E-state index in [9.17, 15) is 28.3 Å². The van der Waals surface area contributed by atoms with Crippen LogP contribution >= 0.6 is 0 Å². The Morgan fingerprint density at radius 1 is 1.10 bits per heavy atom. The maximum Gasteiger partial charge on any atom is 0.322 e. The minimum Gasteiger partial charge on any atom is -0.506 e. The highest BCUT2D eigenvalue weighted by atomic mass is 19.2. The number of amides is 1. The molecule has 0 radical (unpaired) electrons. The fourth-order valence-corrected chi connectivity index (χ4v) is 2.69. The lowest BCUT2D eigenvalue weighted by Gasteiger charge is -2.13. The average molecular weight is 404 g/mol. The predicted octanol–water partition coefficient (Wildman–Crippen LogP) is 2.13. The van der Waals surface area contributed by atoms with Crippen molar-refractivity contribution in [3.05, 3.63) is 63.9 Å². The quantitative estimate of drug-likeness (QED) is 0.600. The van der Waals surface area contributed by atoms with Gasteiger partial charge in [-0.1, -0.05) is 0 Å². The summed E-state index contributed by atoms with van der Waals surface area (Å²) in [5.74, 6) is -4.90. The summed E-state index contributed by atoms with van der Waals surface area (Å²) < 4.78 is 32.9. The summed E-state index contributed by atoms with van der Waals surface area (Å²) in [6.45, 7) is -0.722. The average Bonchev–Trinajstić information content (AvgIpc) is 2.67. The number of ether oxygens (including phenoxy) is 1. The van der Waals surface area contributed by atoms with Crippen LogP contribution in [0.1, 0.15) is 10.4 Å². The lowest BCUT2D eigenvalue weighted by atomic mass is 10.1. The number of carboxylic acid groups (broad SMARTS) is 1. The number of rotatable bonds is 5. The highest BCUT2D eigenvalue weighted by Crippen LogP contribution is 2.31. The number of hydrogen-bond acceptors (Lipinski definition) is 5. The summed E-state index contributed by atoms with van der Waals surface area (Å²) in [4.78, 5) is 35.2. The standard InChI is InChI=1S/C19H14F2N2O6/c1-23-14-7-10(29-9-3-5-12(20)13(21)6-9)2-4-11(14)17(26)16(19(23)28)18(27)22-8-15(24)25/h2-7,26H,8H2,1H3,(H,22,27)(H,24,25). The van der Waals surface area contributed by atoms with Gasteiger partial charge >= 0.3 is 5.97 Å². The maximum atomic E-state index is 13.3. The van der Waals surface area contributed by atoms with Crippen molar-refractivity contribution in [1.29, 1.82) is 0 Å². The van der Waals surface area contributed by atoms with E-state index < -0.39 is 46.9 Å². The molecule has 0 aliphatic rings. The molecule has 10 heteroatoms. The molecule has 0 unspecified atom stereocenters. The molecule has 3 N–H and O–H groups in total. The SMILES string of the molecule is Cn1c(=O)c(C(=O)NCC(=O)O)c(O)c2ccc(Oc3ccc(F)c(F)c3)cc21. The molecule has 0 aliphatic heterocycles. The number of aliphatic carboxylic acids is 1. The van der Waals surface area contributed by atoms with Crippen LogP contribution in [0, 0.1) is 11.6 Å². The zero-order valence-corrected chi connectivity index (χ0v) is 14.9. The monoisotopic (exact) mass is 404 g/mol. The zero-order chi connectivity index (χ0) is 21.3. The number of pyridine rings is 1. The Balaban J connectivity index is 2.03. The fraction of sp³-hybridized carbons (Fsp3) is 0.105. The summed E-state index contributed by atoms with van der Waals surface area (Å²) >= 11 is 0. The van der Waals surface area contributed by atoms with E-state index in [1.165, 1.54) is 31.3 Å². The van der Waals surface area contributed by atoms with E-state index in [1.807, 2.05) is 5.32 Å². The van der Waals surface area contributed by atoms with Crippen LogP contribution in [-0.4, -0.2) is 33.2 Å². The number of hydrogen-bond donors (Lipinski definition) is 3. The normalized spacial score (nSPS) is 10.7. The van der Waals surface area contributed by atoms with Crippen LogP contribution in [0.25, 0.3) is 10.9 Å². The lowest BCUT2D eigenvalue weighted by molar-refractivity contribution is -0.135. The Morgan fingerprint density at radius 3 is 2.41 bits per heavy atom. The predicted molar refractivity (Wildman–Crippen MR) is 97.3 cm³/mol. The van der Waals surface area contributed by atoms with Crippen LogP contribution in [0.3, 0.4) is 0 Å². The van der Waals surface area contributed by atoms with Crippen molar-refractivity contribution in [2.24, 2.45) is 7.05 Å². The molecule has 150 valence electrons. The van der Waals surface area contributed by atoms with Gasteiger partial charge in [-0.15, -0.1) is 0 Å². The number of nitrogens with one attached hydrogen (secondary N) is 1. The maximum absolute atomic E-state index is 13.3. The van der Waals surface area contributed by atoms with Gasteiger partial charge < -0.3 is 24.8 Å². The molecule has 1 heterocycles. The summed E-state index contributed by atoms with van der Waals surface area (Å²) in [6, 6.07) is 7.10. The third-order valence-electron chi connectivity index (χ3n) is 4.09.